The van der Waals surface area contributed by atoms with Crippen molar-refractivity contribution in [2.24, 2.45) is 0 Å². The quantitative estimate of drug-likeness (QED) is 0.290. The number of nitrogens with zero attached hydrogens (tertiary/aromatic N) is 1. The Hall–Kier alpha value is -1.67. The maximum Gasteiger partial charge on any atom is 0.256 e. The number of carbonyl (C=O) groups is 1. The first-order chi connectivity index (χ1) is 13.0. The summed E-state index contributed by atoms with van der Waals surface area (Å²) < 4.78 is 1.94. The summed E-state index contributed by atoms with van der Waals surface area (Å²) in [5, 5.41) is 4.53. The van der Waals surface area contributed by atoms with E-state index in [-0.39, 0.29) is 5.91 Å². The molecule has 0 saturated carbocycles. The Morgan fingerprint density at radius 3 is 2.52 bits per heavy atom. The molecule has 27 heavy (non-hydrogen) atoms. The van der Waals surface area contributed by atoms with Gasteiger partial charge >= 0.3 is 0 Å². The molecule has 134 valence electrons. The number of hydrogen-bond donors (Lipinski definition) is 1. The van der Waals surface area contributed by atoms with Gasteiger partial charge in [0.25, 0.3) is 5.91 Å². The summed E-state index contributed by atoms with van der Waals surface area (Å²) in [4.78, 5) is 17.3. The maximum absolute atomic E-state index is 12.6. The third-order valence-corrected chi connectivity index (χ3v) is 6.58. The van der Waals surface area contributed by atoms with Crippen molar-refractivity contribution in [1.82, 2.24) is 4.98 Å². The summed E-state index contributed by atoms with van der Waals surface area (Å²) in [7, 11) is 0. The second-order valence-corrected chi connectivity index (χ2v) is 8.74. The second-order valence-electron chi connectivity index (χ2n) is 5.73. The molecule has 0 bridgehead atoms. The molecule has 0 saturated heterocycles. The van der Waals surface area contributed by atoms with Crippen molar-refractivity contribution < 1.29 is 4.79 Å². The van der Waals surface area contributed by atoms with E-state index in [9.17, 15) is 4.79 Å². The number of halogens is 3. The first-order valence-corrected chi connectivity index (χ1v) is 10.6. The van der Waals surface area contributed by atoms with Gasteiger partial charge in [-0.1, -0.05) is 47.5 Å². The number of amides is 1. The summed E-state index contributed by atoms with van der Waals surface area (Å²) in [6.45, 7) is 0. The predicted molar refractivity (Wildman–Crippen MR) is 122 cm³/mol. The number of nitrogens with one attached hydrogen (secondary N) is 1. The molecule has 3 nitrogen and oxygen atoms in total. The van der Waals surface area contributed by atoms with Crippen LogP contribution in [0.25, 0.3) is 20.8 Å². The average Bonchev–Trinajstić information content (AvgIpc) is 3.08. The first-order valence-electron chi connectivity index (χ1n) is 7.94. The van der Waals surface area contributed by atoms with Gasteiger partial charge in [-0.2, -0.15) is 0 Å². The molecule has 0 unspecified atom stereocenters. The minimum absolute atomic E-state index is 0.223. The number of rotatable bonds is 3. The Kier molecular flexibility index (Phi) is 5.36. The molecule has 0 aliphatic heterocycles. The summed E-state index contributed by atoms with van der Waals surface area (Å²) >= 11 is 16.4. The Morgan fingerprint density at radius 1 is 1.00 bits per heavy atom. The molecule has 0 spiro atoms. The Morgan fingerprint density at radius 2 is 1.74 bits per heavy atom. The van der Waals surface area contributed by atoms with E-state index in [2.05, 4.69) is 32.9 Å². The van der Waals surface area contributed by atoms with Crippen LogP contribution in [0, 0.1) is 3.57 Å². The predicted octanol–water partition coefficient (Wildman–Crippen LogP) is 7.13. The van der Waals surface area contributed by atoms with Crippen LogP contribution in [0.2, 0.25) is 10.0 Å². The molecule has 0 aliphatic carbocycles. The number of carbonyl (C=O) groups excluding carboxylic acids is 1. The molecule has 1 amide bonds. The number of benzene rings is 3. The monoisotopic (exact) mass is 524 g/mol. The van der Waals surface area contributed by atoms with Gasteiger partial charge in [-0.15, -0.1) is 11.3 Å². The van der Waals surface area contributed by atoms with E-state index in [1.807, 2.05) is 42.5 Å². The van der Waals surface area contributed by atoms with E-state index in [1.54, 1.807) is 29.5 Å². The lowest BCUT2D eigenvalue weighted by Gasteiger charge is -2.11. The van der Waals surface area contributed by atoms with Crippen LogP contribution < -0.4 is 5.32 Å². The highest BCUT2D eigenvalue weighted by atomic mass is 127. The molecule has 0 radical (unpaired) electrons. The number of para-hydroxylation sites is 1. The van der Waals surface area contributed by atoms with Crippen LogP contribution >= 0.6 is 57.1 Å². The molecule has 4 rings (SSSR count). The number of thiazole rings is 1. The van der Waals surface area contributed by atoms with Crippen molar-refractivity contribution in [2.75, 3.05) is 5.32 Å². The van der Waals surface area contributed by atoms with E-state index in [1.165, 1.54) is 0 Å². The molecule has 4 aromatic rings. The lowest BCUT2D eigenvalue weighted by Crippen LogP contribution is -2.13. The Bertz CT molecular complexity index is 1140. The lowest BCUT2D eigenvalue weighted by atomic mass is 10.1. The summed E-state index contributed by atoms with van der Waals surface area (Å²) in [6, 6.07) is 18.7. The smallest absolute Gasteiger partial charge is 0.256 e. The molecular formula is C20H11Cl2IN2OS. The van der Waals surface area contributed by atoms with Crippen molar-refractivity contribution in [3.05, 3.63) is 79.8 Å². The van der Waals surface area contributed by atoms with Crippen LogP contribution in [0.15, 0.2) is 60.7 Å². The lowest BCUT2D eigenvalue weighted by molar-refractivity contribution is 0.102. The SMILES string of the molecule is O=C(Nc1cc(-c2nc3ccccc3s2)c(Cl)cc1Cl)c1ccccc1I. The van der Waals surface area contributed by atoms with E-state index in [0.29, 0.717) is 21.3 Å². The van der Waals surface area contributed by atoms with Gasteiger partial charge in [-0.3, -0.25) is 4.79 Å². The molecule has 0 aliphatic rings. The van der Waals surface area contributed by atoms with Crippen LogP contribution in [0.4, 0.5) is 5.69 Å². The fraction of sp³-hybridized carbons (Fsp3) is 0. The van der Waals surface area contributed by atoms with Gasteiger partial charge in [0.15, 0.2) is 0 Å². The topological polar surface area (TPSA) is 42.0 Å². The fourth-order valence-corrected chi connectivity index (χ4v) is 4.84. The molecule has 1 aromatic heterocycles. The first kappa shape index (κ1) is 18.7. The third-order valence-electron chi connectivity index (χ3n) is 3.95. The van der Waals surface area contributed by atoms with Gasteiger partial charge in [0, 0.05) is 9.13 Å². The van der Waals surface area contributed by atoms with Crippen LogP contribution in [-0.4, -0.2) is 10.9 Å². The molecule has 3 aromatic carbocycles. The normalized spacial score (nSPS) is 10.9. The molecule has 0 atom stereocenters. The highest BCUT2D eigenvalue weighted by molar-refractivity contribution is 14.1. The molecular weight excluding hydrogens is 514 g/mol. The Labute approximate surface area is 183 Å². The van der Waals surface area contributed by atoms with E-state index in [0.717, 1.165) is 24.4 Å². The maximum atomic E-state index is 12.6. The van der Waals surface area contributed by atoms with Gasteiger partial charge in [0.2, 0.25) is 0 Å². The fourth-order valence-electron chi connectivity index (χ4n) is 2.63. The van der Waals surface area contributed by atoms with E-state index in [4.69, 9.17) is 23.2 Å². The number of aromatic nitrogens is 1. The third kappa shape index (κ3) is 3.82. The van der Waals surface area contributed by atoms with Crippen molar-refractivity contribution >= 4 is 78.9 Å². The van der Waals surface area contributed by atoms with Crippen molar-refractivity contribution in [3.8, 4) is 10.6 Å². The zero-order valence-corrected chi connectivity index (χ0v) is 18.2. The number of anilines is 1. The van der Waals surface area contributed by atoms with Gasteiger partial charge < -0.3 is 5.32 Å². The zero-order chi connectivity index (χ0) is 19.0. The highest BCUT2D eigenvalue weighted by Gasteiger charge is 2.16. The minimum atomic E-state index is -0.223. The summed E-state index contributed by atoms with van der Waals surface area (Å²) in [5.41, 5.74) is 2.74. The number of fused-ring (bicyclic) bond motifs is 1. The van der Waals surface area contributed by atoms with Crippen LogP contribution in [0.3, 0.4) is 0 Å². The van der Waals surface area contributed by atoms with E-state index < -0.39 is 0 Å². The minimum Gasteiger partial charge on any atom is -0.321 e. The Balaban J connectivity index is 1.73. The summed E-state index contributed by atoms with van der Waals surface area (Å²) in [6.07, 6.45) is 0. The van der Waals surface area contributed by atoms with Gasteiger partial charge in [-0.25, -0.2) is 4.98 Å². The molecule has 1 N–H and O–H groups in total. The molecule has 0 fully saturated rings. The second kappa shape index (κ2) is 7.75. The van der Waals surface area contributed by atoms with Gasteiger partial charge in [0.1, 0.15) is 5.01 Å². The van der Waals surface area contributed by atoms with E-state index >= 15 is 0 Å². The van der Waals surface area contributed by atoms with Crippen LogP contribution in [0.5, 0.6) is 0 Å². The summed E-state index contributed by atoms with van der Waals surface area (Å²) in [5.74, 6) is -0.223. The van der Waals surface area contributed by atoms with Gasteiger partial charge in [0.05, 0.1) is 31.5 Å². The molecule has 1 heterocycles. The largest absolute Gasteiger partial charge is 0.321 e. The number of hydrogen-bond acceptors (Lipinski definition) is 3. The molecule has 7 heteroatoms. The van der Waals surface area contributed by atoms with Crippen LogP contribution in [0.1, 0.15) is 10.4 Å². The highest BCUT2D eigenvalue weighted by Crippen LogP contribution is 2.39. The van der Waals surface area contributed by atoms with Gasteiger partial charge in [-0.05, 0) is 59.0 Å². The standard InChI is InChI=1S/C20H11Cl2IN2OS/c21-13-10-14(22)17(24-19(26)11-5-1-2-6-15(11)23)9-12(13)20-25-16-7-3-4-8-18(16)27-20/h1-10H,(H,24,26). The van der Waals surface area contributed by atoms with Crippen LogP contribution in [-0.2, 0) is 0 Å². The average molecular weight is 525 g/mol. The van der Waals surface area contributed by atoms with Crippen molar-refractivity contribution in [3.63, 3.8) is 0 Å². The zero-order valence-electron chi connectivity index (χ0n) is 13.7. The van der Waals surface area contributed by atoms with Crippen molar-refractivity contribution in [1.29, 1.82) is 0 Å². The van der Waals surface area contributed by atoms with Crippen molar-refractivity contribution in [2.45, 2.75) is 0 Å².